The molecule has 0 spiro atoms. The van der Waals surface area contributed by atoms with Crippen molar-refractivity contribution in [2.45, 2.75) is 82.5 Å². The molecule has 0 aromatic carbocycles. The average Bonchev–Trinajstić information content (AvgIpc) is 2.72. The standard InChI is InChI=1S/C16H26N2O3/c1-2-21-13-8-11(9-13)17-14-10-15(19)18(16(14)20)12-6-4-3-5-7-12/h11-14,17H,2-10H2,1H3. The maximum atomic E-state index is 12.5. The zero-order valence-corrected chi connectivity index (χ0v) is 12.8. The van der Waals surface area contributed by atoms with Gasteiger partial charge in [0.15, 0.2) is 0 Å². The van der Waals surface area contributed by atoms with Crippen LogP contribution in [-0.4, -0.2) is 47.6 Å². The molecule has 5 heteroatoms. The number of ether oxygens (including phenoxy) is 1. The van der Waals surface area contributed by atoms with Crippen molar-refractivity contribution in [3.05, 3.63) is 0 Å². The van der Waals surface area contributed by atoms with Gasteiger partial charge in [-0.1, -0.05) is 19.3 Å². The highest BCUT2D eigenvalue weighted by Crippen LogP contribution is 2.29. The van der Waals surface area contributed by atoms with Gasteiger partial charge in [-0.05, 0) is 32.6 Å². The predicted molar refractivity (Wildman–Crippen MR) is 78.7 cm³/mol. The summed E-state index contributed by atoms with van der Waals surface area (Å²) in [7, 11) is 0. The molecule has 3 fully saturated rings. The van der Waals surface area contributed by atoms with Crippen LogP contribution in [0.4, 0.5) is 0 Å². The number of nitrogens with zero attached hydrogens (tertiary/aromatic N) is 1. The highest BCUT2D eigenvalue weighted by Gasteiger charge is 2.44. The third-order valence-electron chi connectivity index (χ3n) is 5.06. The van der Waals surface area contributed by atoms with E-state index in [4.69, 9.17) is 4.74 Å². The lowest BCUT2D eigenvalue weighted by Gasteiger charge is -2.37. The van der Waals surface area contributed by atoms with E-state index in [2.05, 4.69) is 5.32 Å². The summed E-state index contributed by atoms with van der Waals surface area (Å²) in [5.41, 5.74) is 0. The molecule has 2 saturated carbocycles. The second-order valence-corrected chi connectivity index (χ2v) is 6.56. The Hall–Kier alpha value is -0.940. The maximum Gasteiger partial charge on any atom is 0.247 e. The summed E-state index contributed by atoms with van der Waals surface area (Å²) in [5, 5.41) is 3.36. The van der Waals surface area contributed by atoms with Gasteiger partial charge in [-0.25, -0.2) is 0 Å². The Kier molecular flexibility index (Phi) is 4.60. The zero-order chi connectivity index (χ0) is 14.8. The number of hydrogen-bond donors (Lipinski definition) is 1. The van der Waals surface area contributed by atoms with E-state index in [1.165, 1.54) is 6.42 Å². The van der Waals surface area contributed by atoms with Crippen LogP contribution in [0.3, 0.4) is 0 Å². The van der Waals surface area contributed by atoms with E-state index in [0.717, 1.165) is 45.1 Å². The number of carbonyl (C=O) groups excluding carboxylic acids is 2. The average molecular weight is 294 g/mol. The van der Waals surface area contributed by atoms with E-state index in [0.29, 0.717) is 18.6 Å². The lowest BCUT2D eigenvalue weighted by molar-refractivity contribution is -0.142. The molecule has 21 heavy (non-hydrogen) atoms. The van der Waals surface area contributed by atoms with Crippen LogP contribution in [0.25, 0.3) is 0 Å². The van der Waals surface area contributed by atoms with Crippen LogP contribution in [0.5, 0.6) is 0 Å². The zero-order valence-electron chi connectivity index (χ0n) is 12.8. The smallest absolute Gasteiger partial charge is 0.247 e. The quantitative estimate of drug-likeness (QED) is 0.783. The maximum absolute atomic E-state index is 12.5. The summed E-state index contributed by atoms with van der Waals surface area (Å²) in [4.78, 5) is 26.3. The van der Waals surface area contributed by atoms with Crippen LogP contribution in [0.2, 0.25) is 0 Å². The molecule has 5 nitrogen and oxygen atoms in total. The second kappa shape index (κ2) is 6.44. The Morgan fingerprint density at radius 1 is 1.19 bits per heavy atom. The van der Waals surface area contributed by atoms with Gasteiger partial charge < -0.3 is 10.1 Å². The van der Waals surface area contributed by atoms with Crippen molar-refractivity contribution >= 4 is 11.8 Å². The summed E-state index contributed by atoms with van der Waals surface area (Å²) in [5.74, 6) is 0.0249. The van der Waals surface area contributed by atoms with Gasteiger partial charge in [0.05, 0.1) is 18.6 Å². The minimum absolute atomic E-state index is 0.00626. The molecule has 2 aliphatic carbocycles. The largest absolute Gasteiger partial charge is 0.378 e. The summed E-state index contributed by atoms with van der Waals surface area (Å²) >= 11 is 0. The monoisotopic (exact) mass is 294 g/mol. The minimum atomic E-state index is -0.299. The van der Waals surface area contributed by atoms with E-state index < -0.39 is 0 Å². The Bertz CT molecular complexity index is 400. The van der Waals surface area contributed by atoms with Gasteiger partial charge in [0, 0.05) is 18.7 Å². The van der Waals surface area contributed by atoms with Crippen LogP contribution in [0, 0.1) is 0 Å². The summed E-state index contributed by atoms with van der Waals surface area (Å²) in [6, 6.07) is 0.185. The van der Waals surface area contributed by atoms with Gasteiger partial charge in [-0.2, -0.15) is 0 Å². The van der Waals surface area contributed by atoms with Crippen LogP contribution in [-0.2, 0) is 14.3 Å². The molecule has 1 aliphatic heterocycles. The highest BCUT2D eigenvalue weighted by molar-refractivity contribution is 6.05. The van der Waals surface area contributed by atoms with Crippen molar-refractivity contribution in [2.24, 2.45) is 0 Å². The second-order valence-electron chi connectivity index (χ2n) is 6.56. The first-order valence-electron chi connectivity index (χ1n) is 8.42. The fraction of sp³-hybridized carbons (Fsp3) is 0.875. The first-order valence-corrected chi connectivity index (χ1v) is 8.42. The molecule has 2 amide bonds. The lowest BCUT2D eigenvalue weighted by atomic mass is 9.88. The molecular formula is C16H26N2O3. The lowest BCUT2D eigenvalue weighted by Crippen LogP contribution is -2.52. The van der Waals surface area contributed by atoms with Crippen molar-refractivity contribution in [1.82, 2.24) is 10.2 Å². The fourth-order valence-electron chi connectivity index (χ4n) is 3.86. The van der Waals surface area contributed by atoms with Gasteiger partial charge in [0.25, 0.3) is 0 Å². The van der Waals surface area contributed by atoms with Crippen LogP contribution >= 0.6 is 0 Å². The number of carbonyl (C=O) groups is 2. The van der Waals surface area contributed by atoms with Crippen molar-refractivity contribution in [3.8, 4) is 0 Å². The van der Waals surface area contributed by atoms with Crippen molar-refractivity contribution in [3.63, 3.8) is 0 Å². The molecule has 118 valence electrons. The van der Waals surface area contributed by atoms with Crippen molar-refractivity contribution < 1.29 is 14.3 Å². The van der Waals surface area contributed by atoms with Gasteiger partial charge in [-0.3, -0.25) is 14.5 Å². The summed E-state index contributed by atoms with van der Waals surface area (Å²) in [6.45, 7) is 2.75. The molecule has 3 rings (SSSR count). The van der Waals surface area contributed by atoms with Crippen molar-refractivity contribution in [1.29, 1.82) is 0 Å². The summed E-state index contributed by atoms with van der Waals surface area (Å²) < 4.78 is 5.53. The molecule has 1 saturated heterocycles. The molecule has 0 bridgehead atoms. The van der Waals surface area contributed by atoms with E-state index in [1.54, 1.807) is 4.90 Å². The molecule has 1 heterocycles. The molecule has 0 aromatic heterocycles. The van der Waals surface area contributed by atoms with E-state index in [1.807, 2.05) is 6.92 Å². The topological polar surface area (TPSA) is 58.6 Å². The molecule has 1 atom stereocenters. The SMILES string of the molecule is CCOC1CC(NC2CC(=O)N(C3CCCCC3)C2=O)C1. The Balaban J connectivity index is 1.52. The summed E-state index contributed by atoms with van der Waals surface area (Å²) in [6.07, 6.45) is 8.05. The van der Waals surface area contributed by atoms with Crippen LogP contribution < -0.4 is 5.32 Å². The predicted octanol–water partition coefficient (Wildman–Crippen LogP) is 1.60. The van der Waals surface area contributed by atoms with Crippen molar-refractivity contribution in [2.75, 3.05) is 6.61 Å². The molecule has 0 radical (unpaired) electrons. The third kappa shape index (κ3) is 3.14. The van der Waals surface area contributed by atoms with E-state index in [-0.39, 0.29) is 23.9 Å². The normalized spacial score (nSPS) is 34.3. The van der Waals surface area contributed by atoms with Crippen LogP contribution in [0.15, 0.2) is 0 Å². The first kappa shape index (κ1) is 15.0. The van der Waals surface area contributed by atoms with E-state index >= 15 is 0 Å². The Labute approximate surface area is 126 Å². The van der Waals surface area contributed by atoms with Gasteiger partial charge in [-0.15, -0.1) is 0 Å². The molecule has 1 N–H and O–H groups in total. The number of amides is 2. The molecule has 1 unspecified atom stereocenters. The highest BCUT2D eigenvalue weighted by atomic mass is 16.5. The van der Waals surface area contributed by atoms with Gasteiger partial charge in [0.1, 0.15) is 0 Å². The van der Waals surface area contributed by atoms with Gasteiger partial charge >= 0.3 is 0 Å². The number of likely N-dealkylation sites (tertiary alicyclic amines) is 1. The number of imide groups is 1. The fourth-order valence-corrected chi connectivity index (χ4v) is 3.86. The molecule has 3 aliphatic rings. The molecule has 0 aromatic rings. The minimum Gasteiger partial charge on any atom is -0.378 e. The third-order valence-corrected chi connectivity index (χ3v) is 5.06. The first-order chi connectivity index (χ1) is 10.2. The van der Waals surface area contributed by atoms with E-state index in [9.17, 15) is 9.59 Å². The van der Waals surface area contributed by atoms with Crippen LogP contribution in [0.1, 0.15) is 58.3 Å². The Morgan fingerprint density at radius 2 is 1.90 bits per heavy atom. The number of rotatable bonds is 5. The number of hydrogen-bond acceptors (Lipinski definition) is 4. The molecular weight excluding hydrogens is 268 g/mol. The van der Waals surface area contributed by atoms with Gasteiger partial charge in [0.2, 0.25) is 11.8 Å². The number of nitrogens with one attached hydrogen (secondary N) is 1. The Morgan fingerprint density at radius 3 is 2.57 bits per heavy atom.